The lowest BCUT2D eigenvalue weighted by Crippen LogP contribution is -2.28. The second-order valence-electron chi connectivity index (χ2n) is 2.30. The van der Waals surface area contributed by atoms with Gasteiger partial charge in [0, 0.05) is 6.04 Å². The number of carbonyl (C=O) groups is 2. The molecule has 3 N–H and O–H groups in total. The Morgan fingerprint density at radius 2 is 1.92 bits per heavy atom. The number of nitrogens with two attached hydrogens (primary N) is 1. The van der Waals surface area contributed by atoms with Crippen LogP contribution in [0.5, 0.6) is 0 Å². The maximum Gasteiger partial charge on any atom is 0.243 e. The van der Waals surface area contributed by atoms with Gasteiger partial charge in [0.05, 0.1) is 0 Å². The van der Waals surface area contributed by atoms with Crippen molar-refractivity contribution in [2.24, 2.45) is 5.73 Å². The third-order valence-corrected chi connectivity index (χ3v) is 0.749. The first-order valence-electron chi connectivity index (χ1n) is 3.67. The van der Waals surface area contributed by atoms with Crippen LogP contribution in [0.25, 0.3) is 0 Å². The van der Waals surface area contributed by atoms with Gasteiger partial charge < -0.3 is 11.1 Å². The van der Waals surface area contributed by atoms with E-state index in [0.29, 0.717) is 0 Å². The van der Waals surface area contributed by atoms with Crippen LogP contribution in [0.2, 0.25) is 0 Å². The van der Waals surface area contributed by atoms with Gasteiger partial charge in [-0.2, -0.15) is 0 Å². The van der Waals surface area contributed by atoms with Crippen LogP contribution in [-0.4, -0.2) is 18.4 Å². The van der Waals surface area contributed by atoms with Crippen LogP contribution in [-0.2, 0) is 9.59 Å². The normalized spacial score (nSPS) is 9.00. The Hall–Kier alpha value is -1.32. The molecule has 0 bridgehead atoms. The predicted molar refractivity (Wildman–Crippen MR) is 48.3 cm³/mol. The van der Waals surface area contributed by atoms with E-state index in [0.717, 1.165) is 0 Å². The standard InChI is InChI=1S/C7H13NO.CH3NO/c1-4-5-7(9)8-6(2)3;2-1-3/h4-6H,1-3H3,(H,8,9);1H,(H2,2,3)/b5-4+;. The Bertz CT molecular complexity index is 153. The van der Waals surface area contributed by atoms with Crippen LogP contribution in [0, 0.1) is 0 Å². The van der Waals surface area contributed by atoms with E-state index in [1.54, 1.807) is 6.08 Å². The van der Waals surface area contributed by atoms with Gasteiger partial charge in [0.25, 0.3) is 0 Å². The maximum absolute atomic E-state index is 10.7. The molecule has 0 aromatic carbocycles. The molecule has 0 heterocycles. The fourth-order valence-corrected chi connectivity index (χ4v) is 0.484. The Labute approximate surface area is 72.8 Å². The highest BCUT2D eigenvalue weighted by molar-refractivity contribution is 5.87. The van der Waals surface area contributed by atoms with Gasteiger partial charge in [-0.05, 0) is 26.8 Å². The number of carbonyl (C=O) groups excluding carboxylic acids is 2. The van der Waals surface area contributed by atoms with Crippen molar-refractivity contribution in [3.63, 3.8) is 0 Å². The van der Waals surface area contributed by atoms with Gasteiger partial charge in [-0.15, -0.1) is 0 Å². The molecule has 0 saturated heterocycles. The number of allylic oxidation sites excluding steroid dienone is 1. The zero-order chi connectivity index (χ0) is 9.98. The zero-order valence-electron chi connectivity index (χ0n) is 7.70. The van der Waals surface area contributed by atoms with Crippen LogP contribution in [0.4, 0.5) is 0 Å². The molecule has 2 amide bonds. The minimum Gasteiger partial charge on any atom is -0.372 e. The van der Waals surface area contributed by atoms with Crippen LogP contribution in [0.15, 0.2) is 12.2 Å². The second-order valence-corrected chi connectivity index (χ2v) is 2.30. The average molecular weight is 172 g/mol. The molecule has 4 heteroatoms. The largest absolute Gasteiger partial charge is 0.372 e. The van der Waals surface area contributed by atoms with E-state index in [-0.39, 0.29) is 18.4 Å². The van der Waals surface area contributed by atoms with Crippen LogP contribution in [0.3, 0.4) is 0 Å². The van der Waals surface area contributed by atoms with E-state index in [2.05, 4.69) is 11.1 Å². The molecule has 0 aromatic heterocycles. The van der Waals surface area contributed by atoms with Crippen LogP contribution >= 0.6 is 0 Å². The van der Waals surface area contributed by atoms with Gasteiger partial charge in [-0.1, -0.05) is 6.08 Å². The van der Waals surface area contributed by atoms with Gasteiger partial charge >= 0.3 is 0 Å². The number of rotatable bonds is 2. The summed E-state index contributed by atoms with van der Waals surface area (Å²) in [6, 6.07) is 0.230. The zero-order valence-corrected chi connectivity index (χ0v) is 7.70. The summed E-state index contributed by atoms with van der Waals surface area (Å²) in [6.45, 7) is 5.68. The molecule has 0 unspecified atom stereocenters. The summed E-state index contributed by atoms with van der Waals surface area (Å²) in [4.78, 5) is 19.2. The van der Waals surface area contributed by atoms with E-state index >= 15 is 0 Å². The summed E-state index contributed by atoms with van der Waals surface area (Å²) in [5.41, 5.74) is 4.17. The third-order valence-electron chi connectivity index (χ3n) is 0.749. The Balaban J connectivity index is 0. The number of nitrogens with one attached hydrogen (secondary N) is 1. The van der Waals surface area contributed by atoms with Crippen LogP contribution < -0.4 is 11.1 Å². The summed E-state index contributed by atoms with van der Waals surface area (Å²) >= 11 is 0. The topological polar surface area (TPSA) is 72.2 Å². The molecule has 0 radical (unpaired) electrons. The summed E-state index contributed by atoms with van der Waals surface area (Å²) in [7, 11) is 0. The Morgan fingerprint density at radius 1 is 1.50 bits per heavy atom. The van der Waals surface area contributed by atoms with E-state index < -0.39 is 0 Å². The number of amides is 2. The highest BCUT2D eigenvalue weighted by Gasteiger charge is 1.94. The van der Waals surface area contributed by atoms with Crippen LogP contribution in [0.1, 0.15) is 20.8 Å². The predicted octanol–water partition coefficient (Wildman–Crippen LogP) is 0.189. The fraction of sp³-hybridized carbons (Fsp3) is 0.500. The fourth-order valence-electron chi connectivity index (χ4n) is 0.484. The molecular formula is C8H16N2O2. The van der Waals surface area contributed by atoms with Crippen molar-refractivity contribution in [3.05, 3.63) is 12.2 Å². The quantitative estimate of drug-likeness (QED) is 0.461. The highest BCUT2D eigenvalue weighted by Crippen LogP contribution is 1.77. The molecule has 0 aromatic rings. The third kappa shape index (κ3) is 15.9. The Morgan fingerprint density at radius 3 is 2.17 bits per heavy atom. The smallest absolute Gasteiger partial charge is 0.243 e. The van der Waals surface area contributed by atoms with E-state index in [1.165, 1.54) is 6.08 Å². The maximum atomic E-state index is 10.7. The average Bonchev–Trinajstić information content (AvgIpc) is 1.87. The van der Waals surface area contributed by atoms with Crippen molar-refractivity contribution in [1.29, 1.82) is 0 Å². The lowest BCUT2D eigenvalue weighted by molar-refractivity contribution is -0.117. The van der Waals surface area contributed by atoms with Crippen molar-refractivity contribution in [1.82, 2.24) is 5.32 Å². The first-order valence-corrected chi connectivity index (χ1v) is 3.67. The van der Waals surface area contributed by atoms with Crippen molar-refractivity contribution < 1.29 is 9.59 Å². The van der Waals surface area contributed by atoms with E-state index in [4.69, 9.17) is 4.79 Å². The molecule has 0 aliphatic heterocycles. The van der Waals surface area contributed by atoms with Crippen molar-refractivity contribution in [2.45, 2.75) is 26.8 Å². The van der Waals surface area contributed by atoms with Crippen molar-refractivity contribution in [3.8, 4) is 0 Å². The first kappa shape index (κ1) is 13.3. The van der Waals surface area contributed by atoms with Crippen molar-refractivity contribution in [2.75, 3.05) is 0 Å². The van der Waals surface area contributed by atoms with E-state index in [1.807, 2.05) is 20.8 Å². The Kier molecular flexibility index (Phi) is 10.7. The van der Waals surface area contributed by atoms with Gasteiger partial charge in [0.1, 0.15) is 0 Å². The first-order chi connectivity index (χ1) is 5.58. The molecule has 0 atom stereocenters. The molecular weight excluding hydrogens is 156 g/mol. The number of primary amides is 1. The monoisotopic (exact) mass is 172 g/mol. The summed E-state index contributed by atoms with van der Waals surface area (Å²) < 4.78 is 0. The molecule has 0 rings (SSSR count). The molecule has 0 aliphatic carbocycles. The minimum absolute atomic E-state index is 0.0208. The summed E-state index contributed by atoms with van der Waals surface area (Å²) in [6.07, 6.45) is 3.48. The van der Waals surface area contributed by atoms with Gasteiger partial charge in [-0.25, -0.2) is 0 Å². The summed E-state index contributed by atoms with van der Waals surface area (Å²) in [5, 5.41) is 2.72. The van der Waals surface area contributed by atoms with E-state index in [9.17, 15) is 4.79 Å². The highest BCUT2D eigenvalue weighted by atomic mass is 16.1. The SMILES string of the molecule is C/C=C/C(=O)NC(C)C.NC=O. The molecule has 0 spiro atoms. The molecule has 70 valence electrons. The number of hydrogen-bond acceptors (Lipinski definition) is 2. The van der Waals surface area contributed by atoms with Gasteiger partial charge in [-0.3, -0.25) is 9.59 Å². The molecule has 0 fully saturated rings. The van der Waals surface area contributed by atoms with Gasteiger partial charge in [0.15, 0.2) is 0 Å². The van der Waals surface area contributed by atoms with Gasteiger partial charge in [0.2, 0.25) is 12.3 Å². The lowest BCUT2D eigenvalue weighted by Gasteiger charge is -2.03. The molecule has 0 aliphatic rings. The lowest BCUT2D eigenvalue weighted by atomic mass is 10.4. The van der Waals surface area contributed by atoms with Crippen molar-refractivity contribution >= 4 is 12.3 Å². The molecule has 4 nitrogen and oxygen atoms in total. The molecule has 12 heavy (non-hydrogen) atoms. The number of hydrogen-bond donors (Lipinski definition) is 2. The molecule has 0 saturated carbocycles. The summed E-state index contributed by atoms with van der Waals surface area (Å²) in [5.74, 6) is -0.0208. The second kappa shape index (κ2) is 9.68. The minimum atomic E-state index is -0.0208.